The molecule has 0 spiro atoms. The third-order valence-electron chi connectivity index (χ3n) is 3.81. The molecule has 0 amide bonds. The van der Waals surface area contributed by atoms with Crippen molar-refractivity contribution in [1.29, 1.82) is 0 Å². The van der Waals surface area contributed by atoms with Crippen molar-refractivity contribution < 1.29 is 8.42 Å². The summed E-state index contributed by atoms with van der Waals surface area (Å²) in [6.45, 7) is 10.4. The SMILES string of the molecule is CCC1(C)CN(C(C)CS(C)(=O)=O)C(C)CN1. The summed E-state index contributed by atoms with van der Waals surface area (Å²) in [5.41, 5.74) is 0.109. The smallest absolute Gasteiger partial charge is 0.148 e. The molecule has 1 saturated heterocycles. The van der Waals surface area contributed by atoms with Crippen molar-refractivity contribution in [2.75, 3.05) is 25.1 Å². The Morgan fingerprint density at radius 2 is 2.12 bits per heavy atom. The first-order valence-corrected chi connectivity index (χ1v) is 8.41. The van der Waals surface area contributed by atoms with E-state index in [1.807, 2.05) is 6.92 Å². The molecule has 4 nitrogen and oxygen atoms in total. The molecule has 5 heteroatoms. The minimum atomic E-state index is -2.90. The average Bonchev–Trinajstić information content (AvgIpc) is 2.19. The van der Waals surface area contributed by atoms with E-state index in [2.05, 4.69) is 31.0 Å². The van der Waals surface area contributed by atoms with E-state index in [0.717, 1.165) is 19.5 Å². The summed E-state index contributed by atoms with van der Waals surface area (Å²) in [4.78, 5) is 2.32. The van der Waals surface area contributed by atoms with Gasteiger partial charge in [-0.2, -0.15) is 0 Å². The second-order valence-electron chi connectivity index (χ2n) is 5.76. The van der Waals surface area contributed by atoms with Gasteiger partial charge in [-0.05, 0) is 27.2 Å². The van der Waals surface area contributed by atoms with Crippen LogP contribution in [0.4, 0.5) is 0 Å². The van der Waals surface area contributed by atoms with Gasteiger partial charge < -0.3 is 5.32 Å². The van der Waals surface area contributed by atoms with Gasteiger partial charge in [-0.1, -0.05) is 6.92 Å². The van der Waals surface area contributed by atoms with Gasteiger partial charge in [-0.15, -0.1) is 0 Å². The lowest BCUT2D eigenvalue weighted by Gasteiger charge is -2.47. The Morgan fingerprint density at radius 1 is 1.53 bits per heavy atom. The van der Waals surface area contributed by atoms with Crippen molar-refractivity contribution in [1.82, 2.24) is 10.2 Å². The predicted molar refractivity (Wildman–Crippen MR) is 72.0 cm³/mol. The van der Waals surface area contributed by atoms with Crippen LogP contribution in [0.15, 0.2) is 0 Å². The van der Waals surface area contributed by atoms with E-state index in [4.69, 9.17) is 0 Å². The molecule has 0 aromatic heterocycles. The molecule has 102 valence electrons. The first kappa shape index (κ1) is 14.9. The number of nitrogens with one attached hydrogen (secondary N) is 1. The van der Waals surface area contributed by atoms with Gasteiger partial charge in [0.1, 0.15) is 9.84 Å². The number of rotatable bonds is 4. The average molecular weight is 262 g/mol. The van der Waals surface area contributed by atoms with Crippen LogP contribution in [0.5, 0.6) is 0 Å². The van der Waals surface area contributed by atoms with Crippen molar-refractivity contribution in [2.24, 2.45) is 0 Å². The molecule has 1 fully saturated rings. The van der Waals surface area contributed by atoms with Crippen molar-refractivity contribution >= 4 is 9.84 Å². The molecule has 0 aromatic carbocycles. The van der Waals surface area contributed by atoms with Crippen molar-refractivity contribution in [2.45, 2.75) is 51.7 Å². The highest BCUT2D eigenvalue weighted by atomic mass is 32.2. The lowest BCUT2D eigenvalue weighted by molar-refractivity contribution is 0.0675. The van der Waals surface area contributed by atoms with E-state index in [0.29, 0.717) is 6.04 Å². The Balaban J connectivity index is 2.73. The van der Waals surface area contributed by atoms with Crippen LogP contribution in [0.1, 0.15) is 34.1 Å². The van der Waals surface area contributed by atoms with E-state index in [1.165, 1.54) is 6.26 Å². The van der Waals surface area contributed by atoms with Crippen molar-refractivity contribution in [3.63, 3.8) is 0 Å². The highest BCUT2D eigenvalue weighted by Gasteiger charge is 2.35. The van der Waals surface area contributed by atoms with E-state index in [9.17, 15) is 8.42 Å². The summed E-state index contributed by atoms with van der Waals surface area (Å²) in [6, 6.07) is 0.486. The molecular formula is C12H26N2O2S. The summed E-state index contributed by atoms with van der Waals surface area (Å²) < 4.78 is 22.8. The first-order chi connectivity index (χ1) is 7.67. The van der Waals surface area contributed by atoms with E-state index < -0.39 is 9.84 Å². The van der Waals surface area contributed by atoms with Crippen molar-refractivity contribution in [3.05, 3.63) is 0 Å². The predicted octanol–water partition coefficient (Wildman–Crippen LogP) is 0.882. The largest absolute Gasteiger partial charge is 0.309 e. The second-order valence-corrected chi connectivity index (χ2v) is 7.94. The molecule has 0 aliphatic carbocycles. The summed E-state index contributed by atoms with van der Waals surface area (Å²) in [5.74, 6) is 0.247. The number of sulfone groups is 1. The lowest BCUT2D eigenvalue weighted by Crippen LogP contribution is -2.64. The molecule has 1 rings (SSSR count). The van der Waals surface area contributed by atoms with Crippen LogP contribution in [0.2, 0.25) is 0 Å². The molecule has 0 aromatic rings. The van der Waals surface area contributed by atoms with Gasteiger partial charge >= 0.3 is 0 Å². The van der Waals surface area contributed by atoms with Gasteiger partial charge in [0, 0.05) is 37.0 Å². The summed E-state index contributed by atoms with van der Waals surface area (Å²) in [6.07, 6.45) is 2.37. The molecule has 1 N–H and O–H groups in total. The number of nitrogens with zero attached hydrogens (tertiary/aromatic N) is 1. The molecule has 0 saturated carbocycles. The Kier molecular flexibility index (Phi) is 4.60. The Labute approximate surface area is 106 Å². The van der Waals surface area contributed by atoms with E-state index >= 15 is 0 Å². The number of piperazine rings is 1. The van der Waals surface area contributed by atoms with Crippen LogP contribution in [-0.2, 0) is 9.84 Å². The Bertz CT molecular complexity index is 356. The zero-order chi connectivity index (χ0) is 13.3. The topological polar surface area (TPSA) is 49.4 Å². The van der Waals surface area contributed by atoms with Gasteiger partial charge in [0.15, 0.2) is 0 Å². The maximum absolute atomic E-state index is 11.4. The first-order valence-electron chi connectivity index (χ1n) is 6.35. The van der Waals surface area contributed by atoms with Crippen LogP contribution in [-0.4, -0.2) is 56.0 Å². The monoisotopic (exact) mass is 262 g/mol. The fraction of sp³-hybridized carbons (Fsp3) is 1.00. The van der Waals surface area contributed by atoms with E-state index in [-0.39, 0.29) is 17.3 Å². The maximum Gasteiger partial charge on any atom is 0.148 e. The highest BCUT2D eigenvalue weighted by Crippen LogP contribution is 2.21. The van der Waals surface area contributed by atoms with Gasteiger partial charge in [0.2, 0.25) is 0 Å². The number of hydrogen-bond acceptors (Lipinski definition) is 4. The zero-order valence-corrected chi connectivity index (χ0v) is 12.5. The zero-order valence-electron chi connectivity index (χ0n) is 11.7. The molecule has 0 radical (unpaired) electrons. The summed E-state index contributed by atoms with van der Waals surface area (Å²) in [7, 11) is -2.90. The molecule has 3 unspecified atom stereocenters. The lowest BCUT2D eigenvalue weighted by atomic mass is 9.93. The van der Waals surface area contributed by atoms with Crippen LogP contribution < -0.4 is 5.32 Å². The van der Waals surface area contributed by atoms with Gasteiger partial charge in [-0.25, -0.2) is 8.42 Å². The van der Waals surface area contributed by atoms with Crippen LogP contribution in [0, 0.1) is 0 Å². The van der Waals surface area contributed by atoms with Crippen LogP contribution in [0.3, 0.4) is 0 Å². The molecule has 1 heterocycles. The Morgan fingerprint density at radius 3 is 2.59 bits per heavy atom. The molecule has 0 bridgehead atoms. The van der Waals surface area contributed by atoms with Gasteiger partial charge in [0.25, 0.3) is 0 Å². The fourth-order valence-corrected chi connectivity index (χ4v) is 3.55. The number of hydrogen-bond donors (Lipinski definition) is 1. The molecule has 3 atom stereocenters. The van der Waals surface area contributed by atoms with Crippen LogP contribution in [0.25, 0.3) is 0 Å². The highest BCUT2D eigenvalue weighted by molar-refractivity contribution is 7.90. The third kappa shape index (κ3) is 4.23. The summed E-state index contributed by atoms with van der Waals surface area (Å²) in [5, 5.41) is 3.55. The van der Waals surface area contributed by atoms with Crippen LogP contribution >= 0.6 is 0 Å². The molecule has 1 aliphatic rings. The standard InChI is InChI=1S/C12H26N2O2S/c1-6-12(4)9-14(10(2)7-13-12)11(3)8-17(5,15)16/h10-11,13H,6-9H2,1-5H3. The molecule has 17 heavy (non-hydrogen) atoms. The maximum atomic E-state index is 11.4. The van der Waals surface area contributed by atoms with E-state index in [1.54, 1.807) is 0 Å². The summed E-state index contributed by atoms with van der Waals surface area (Å²) >= 11 is 0. The molecule has 1 aliphatic heterocycles. The second kappa shape index (κ2) is 5.24. The van der Waals surface area contributed by atoms with Gasteiger partial charge in [0.05, 0.1) is 5.75 Å². The van der Waals surface area contributed by atoms with Gasteiger partial charge in [-0.3, -0.25) is 4.90 Å². The Hall–Kier alpha value is -0.130. The normalized spacial score (nSPS) is 33.6. The van der Waals surface area contributed by atoms with Crippen molar-refractivity contribution in [3.8, 4) is 0 Å². The fourth-order valence-electron chi connectivity index (χ4n) is 2.49. The quantitative estimate of drug-likeness (QED) is 0.817. The minimum absolute atomic E-state index is 0.0907. The molecular weight excluding hydrogens is 236 g/mol. The minimum Gasteiger partial charge on any atom is -0.309 e. The third-order valence-corrected chi connectivity index (χ3v) is 4.90.